The van der Waals surface area contributed by atoms with Crippen LogP contribution in [-0.2, 0) is 16.0 Å². The number of hydrogen-bond donors (Lipinski definition) is 0. The molecule has 1 aromatic carbocycles. The fourth-order valence-electron chi connectivity index (χ4n) is 2.80. The molecule has 0 aliphatic carbocycles. The summed E-state index contributed by atoms with van der Waals surface area (Å²) >= 11 is 1.28. The molecule has 22 heavy (non-hydrogen) atoms. The van der Waals surface area contributed by atoms with Gasteiger partial charge in [-0.15, -0.1) is 0 Å². The van der Waals surface area contributed by atoms with Crippen molar-refractivity contribution >= 4 is 33.7 Å². The lowest BCUT2D eigenvalue weighted by Crippen LogP contribution is -2.27. The maximum Gasteiger partial charge on any atom is 0.223 e. The molecule has 1 unspecified atom stereocenters. The minimum atomic E-state index is 0.0836. The van der Waals surface area contributed by atoms with Gasteiger partial charge in [0.15, 0.2) is 5.12 Å². The Labute approximate surface area is 133 Å². The van der Waals surface area contributed by atoms with Gasteiger partial charge < -0.3 is 4.90 Å². The predicted molar refractivity (Wildman–Crippen MR) is 88.7 cm³/mol. The number of hydrogen-bond acceptors (Lipinski definition) is 4. The van der Waals surface area contributed by atoms with Crippen LogP contribution in [0.15, 0.2) is 36.5 Å². The first kappa shape index (κ1) is 15.0. The van der Waals surface area contributed by atoms with E-state index in [0.717, 1.165) is 17.3 Å². The molecule has 0 N–H and O–H groups in total. The molecule has 1 fully saturated rings. The van der Waals surface area contributed by atoms with Crippen LogP contribution >= 0.6 is 11.8 Å². The van der Waals surface area contributed by atoms with Crippen LogP contribution in [-0.4, -0.2) is 39.2 Å². The second-order valence-corrected chi connectivity index (χ2v) is 7.03. The summed E-state index contributed by atoms with van der Waals surface area (Å²) in [5.41, 5.74) is 2.17. The van der Waals surface area contributed by atoms with Crippen molar-refractivity contribution < 1.29 is 9.59 Å². The van der Waals surface area contributed by atoms with Crippen LogP contribution in [0.5, 0.6) is 0 Å². The number of amides is 1. The van der Waals surface area contributed by atoms with Crippen molar-refractivity contribution in [3.8, 4) is 0 Å². The number of fused-ring (bicyclic) bond motifs is 1. The Hall–Kier alpha value is -1.88. The number of pyridine rings is 1. The number of likely N-dealkylation sites (tertiary alicyclic amines) is 1. The van der Waals surface area contributed by atoms with Crippen molar-refractivity contribution in [2.45, 2.75) is 25.0 Å². The number of benzene rings is 1. The van der Waals surface area contributed by atoms with Gasteiger partial charge in [0.2, 0.25) is 5.91 Å². The van der Waals surface area contributed by atoms with Gasteiger partial charge >= 0.3 is 0 Å². The molecule has 1 saturated heterocycles. The fraction of sp³-hybridized carbons (Fsp3) is 0.353. The molecule has 1 amide bonds. The first-order chi connectivity index (χ1) is 10.6. The summed E-state index contributed by atoms with van der Waals surface area (Å²) in [6.07, 6.45) is 3.08. The third kappa shape index (κ3) is 3.47. The molecule has 0 spiro atoms. The smallest absolute Gasteiger partial charge is 0.223 e. The Morgan fingerprint density at radius 3 is 3.09 bits per heavy atom. The van der Waals surface area contributed by atoms with E-state index in [2.05, 4.69) is 23.2 Å². The highest BCUT2D eigenvalue weighted by Crippen LogP contribution is 2.24. The Bertz CT molecular complexity index is 717. The van der Waals surface area contributed by atoms with Crippen LogP contribution in [0, 0.1) is 0 Å². The average Bonchev–Trinajstić information content (AvgIpc) is 2.84. The molecule has 3 rings (SSSR count). The summed E-state index contributed by atoms with van der Waals surface area (Å²) in [6.45, 7) is 2.93. The number of carbonyl (C=O) groups is 2. The minimum absolute atomic E-state index is 0.0836. The molecule has 5 heteroatoms. The first-order valence-corrected chi connectivity index (χ1v) is 8.28. The SMILES string of the molecule is CC(=O)SC1CC(=O)N(CCc2ccc3cccnc3c2)C1. The molecule has 0 saturated carbocycles. The largest absolute Gasteiger partial charge is 0.341 e. The van der Waals surface area contributed by atoms with E-state index in [1.165, 1.54) is 17.3 Å². The Morgan fingerprint density at radius 1 is 1.41 bits per heavy atom. The quantitative estimate of drug-likeness (QED) is 0.870. The highest BCUT2D eigenvalue weighted by atomic mass is 32.2. The van der Waals surface area contributed by atoms with Gasteiger partial charge in [0, 0.05) is 43.3 Å². The van der Waals surface area contributed by atoms with Gasteiger partial charge in [0.1, 0.15) is 0 Å². The lowest BCUT2D eigenvalue weighted by molar-refractivity contribution is -0.127. The Morgan fingerprint density at radius 2 is 2.27 bits per heavy atom. The van der Waals surface area contributed by atoms with Gasteiger partial charge in [-0.05, 0) is 24.1 Å². The van der Waals surface area contributed by atoms with Crippen molar-refractivity contribution in [2.75, 3.05) is 13.1 Å². The van der Waals surface area contributed by atoms with Crippen LogP contribution in [0.25, 0.3) is 10.9 Å². The fourth-order valence-corrected chi connectivity index (χ4v) is 3.75. The average molecular weight is 314 g/mol. The van der Waals surface area contributed by atoms with E-state index in [4.69, 9.17) is 0 Å². The third-order valence-corrected chi connectivity index (χ3v) is 4.83. The molecule has 0 radical (unpaired) electrons. The summed E-state index contributed by atoms with van der Waals surface area (Å²) in [4.78, 5) is 29.4. The third-order valence-electron chi connectivity index (χ3n) is 3.85. The van der Waals surface area contributed by atoms with Crippen LogP contribution in [0.3, 0.4) is 0 Å². The summed E-state index contributed by atoms with van der Waals surface area (Å²) in [5.74, 6) is 0.151. The molecule has 1 atom stereocenters. The zero-order valence-corrected chi connectivity index (χ0v) is 13.3. The lowest BCUT2D eigenvalue weighted by Gasteiger charge is -2.16. The van der Waals surface area contributed by atoms with Crippen molar-refractivity contribution in [3.63, 3.8) is 0 Å². The summed E-state index contributed by atoms with van der Waals surface area (Å²) in [6, 6.07) is 10.2. The predicted octanol–water partition coefficient (Wildman–Crippen LogP) is 2.66. The van der Waals surface area contributed by atoms with Gasteiger partial charge in [-0.2, -0.15) is 0 Å². The zero-order chi connectivity index (χ0) is 15.5. The van der Waals surface area contributed by atoms with Crippen molar-refractivity contribution in [3.05, 3.63) is 42.1 Å². The zero-order valence-electron chi connectivity index (χ0n) is 12.5. The van der Waals surface area contributed by atoms with E-state index < -0.39 is 0 Å². The van der Waals surface area contributed by atoms with E-state index in [1.54, 1.807) is 13.1 Å². The van der Waals surface area contributed by atoms with Gasteiger partial charge in [0.05, 0.1) is 5.52 Å². The molecule has 1 aromatic heterocycles. The van der Waals surface area contributed by atoms with Gasteiger partial charge in [-0.3, -0.25) is 14.6 Å². The number of nitrogens with zero attached hydrogens (tertiary/aromatic N) is 2. The van der Waals surface area contributed by atoms with E-state index in [1.807, 2.05) is 17.0 Å². The summed E-state index contributed by atoms with van der Waals surface area (Å²) in [7, 11) is 0. The molecule has 1 aliphatic heterocycles. The van der Waals surface area contributed by atoms with Crippen LogP contribution in [0.1, 0.15) is 18.9 Å². The van der Waals surface area contributed by atoms with Crippen LogP contribution < -0.4 is 0 Å². The van der Waals surface area contributed by atoms with Crippen LogP contribution in [0.2, 0.25) is 0 Å². The van der Waals surface area contributed by atoms with Crippen molar-refractivity contribution in [1.29, 1.82) is 0 Å². The summed E-state index contributed by atoms with van der Waals surface area (Å²) in [5, 5.41) is 1.32. The van der Waals surface area contributed by atoms with Crippen molar-refractivity contribution in [2.24, 2.45) is 0 Å². The van der Waals surface area contributed by atoms with E-state index in [0.29, 0.717) is 19.5 Å². The highest BCUT2D eigenvalue weighted by Gasteiger charge is 2.30. The molecule has 2 aromatic rings. The van der Waals surface area contributed by atoms with Gasteiger partial charge in [-0.1, -0.05) is 30.0 Å². The normalized spacial score (nSPS) is 18.1. The maximum absolute atomic E-state index is 12.0. The highest BCUT2D eigenvalue weighted by molar-refractivity contribution is 8.14. The molecular weight excluding hydrogens is 296 g/mol. The van der Waals surface area contributed by atoms with E-state index in [-0.39, 0.29) is 16.3 Å². The number of carbonyl (C=O) groups excluding carboxylic acids is 2. The molecule has 4 nitrogen and oxygen atoms in total. The van der Waals surface area contributed by atoms with Gasteiger partial charge in [0.25, 0.3) is 0 Å². The van der Waals surface area contributed by atoms with E-state index in [9.17, 15) is 9.59 Å². The monoisotopic (exact) mass is 314 g/mol. The number of thioether (sulfide) groups is 1. The van der Waals surface area contributed by atoms with Crippen molar-refractivity contribution in [1.82, 2.24) is 9.88 Å². The molecule has 2 heterocycles. The second-order valence-electron chi connectivity index (χ2n) is 5.56. The lowest BCUT2D eigenvalue weighted by atomic mass is 10.1. The standard InChI is InChI=1S/C17H18N2O2S/c1-12(20)22-15-10-17(21)19(11-15)8-6-13-4-5-14-3-2-7-18-16(14)9-13/h2-5,7,9,15H,6,8,10-11H2,1H3. The second kappa shape index (κ2) is 6.48. The van der Waals surface area contributed by atoms with E-state index >= 15 is 0 Å². The molecule has 0 bridgehead atoms. The number of aromatic nitrogens is 1. The first-order valence-electron chi connectivity index (χ1n) is 7.40. The Balaban J connectivity index is 1.61. The van der Waals surface area contributed by atoms with Gasteiger partial charge in [-0.25, -0.2) is 0 Å². The molecule has 1 aliphatic rings. The number of rotatable bonds is 4. The minimum Gasteiger partial charge on any atom is -0.341 e. The molecule has 114 valence electrons. The Kier molecular flexibility index (Phi) is 4.43. The topological polar surface area (TPSA) is 50.3 Å². The maximum atomic E-state index is 12.0. The van der Waals surface area contributed by atoms with Crippen LogP contribution in [0.4, 0.5) is 0 Å². The summed E-state index contributed by atoms with van der Waals surface area (Å²) < 4.78 is 0. The molecular formula is C17H18N2O2S.